The highest BCUT2D eigenvalue weighted by molar-refractivity contribution is 5.66. The van der Waals surface area contributed by atoms with Crippen LogP contribution in [0.4, 0.5) is 0 Å². The first-order valence-corrected chi connectivity index (χ1v) is 9.13. The lowest BCUT2D eigenvalue weighted by molar-refractivity contribution is -0.138. The number of hydrogen-bond acceptors (Lipinski definition) is 1. The second kappa shape index (κ2) is 8.74. The maximum absolute atomic E-state index is 10.7. The molecule has 2 heteroatoms. The van der Waals surface area contributed by atoms with Gasteiger partial charge in [-0.15, -0.1) is 0 Å². The van der Waals surface area contributed by atoms with Crippen LogP contribution >= 0.6 is 0 Å². The van der Waals surface area contributed by atoms with Gasteiger partial charge in [0.2, 0.25) is 0 Å². The van der Waals surface area contributed by atoms with Gasteiger partial charge in [0.25, 0.3) is 0 Å². The Bertz CT molecular complexity index is 393. The van der Waals surface area contributed by atoms with Crippen LogP contribution < -0.4 is 0 Å². The summed E-state index contributed by atoms with van der Waals surface area (Å²) in [5.74, 6) is 0.393. The van der Waals surface area contributed by atoms with Gasteiger partial charge in [-0.05, 0) is 56.3 Å². The summed E-state index contributed by atoms with van der Waals surface area (Å²) in [6, 6.07) is 0. The van der Waals surface area contributed by atoms with Gasteiger partial charge in [-0.25, -0.2) is 0 Å². The summed E-state index contributed by atoms with van der Waals surface area (Å²) < 4.78 is 0. The van der Waals surface area contributed by atoms with Crippen LogP contribution in [0.3, 0.4) is 0 Å². The molecule has 0 saturated carbocycles. The normalized spacial score (nSPS) is 20.8. The summed E-state index contributed by atoms with van der Waals surface area (Å²) in [6.07, 6.45) is 10.3. The van der Waals surface area contributed by atoms with E-state index in [0.717, 1.165) is 18.8 Å². The molecule has 0 amide bonds. The predicted molar refractivity (Wildman–Crippen MR) is 94.0 cm³/mol. The number of carboxylic acid groups (broad SMARTS) is 1. The summed E-state index contributed by atoms with van der Waals surface area (Å²) >= 11 is 0. The van der Waals surface area contributed by atoms with Crippen molar-refractivity contribution in [3.8, 4) is 0 Å². The van der Waals surface area contributed by atoms with E-state index in [1.54, 1.807) is 11.1 Å². The lowest BCUT2D eigenvalue weighted by Crippen LogP contribution is -2.20. The molecule has 22 heavy (non-hydrogen) atoms. The minimum absolute atomic E-state index is 0.312. The van der Waals surface area contributed by atoms with Gasteiger partial charge in [0.1, 0.15) is 0 Å². The van der Waals surface area contributed by atoms with Crippen molar-refractivity contribution in [3.63, 3.8) is 0 Å². The van der Waals surface area contributed by atoms with E-state index >= 15 is 0 Å². The van der Waals surface area contributed by atoms with Crippen molar-refractivity contribution >= 4 is 5.97 Å². The minimum Gasteiger partial charge on any atom is -0.481 e. The molecule has 0 spiro atoms. The molecule has 1 N–H and O–H groups in total. The fourth-order valence-electron chi connectivity index (χ4n) is 3.98. The van der Waals surface area contributed by atoms with Crippen molar-refractivity contribution in [1.82, 2.24) is 0 Å². The number of hydrogen-bond donors (Lipinski definition) is 1. The monoisotopic (exact) mass is 308 g/mol. The number of allylic oxidation sites excluding steroid dienone is 2. The second-order valence-corrected chi connectivity index (χ2v) is 8.27. The molecule has 128 valence electrons. The third-order valence-electron chi connectivity index (χ3n) is 5.49. The Balaban J connectivity index is 2.31. The van der Waals surface area contributed by atoms with E-state index < -0.39 is 5.97 Å². The van der Waals surface area contributed by atoms with Gasteiger partial charge in [-0.3, -0.25) is 4.79 Å². The standard InChI is InChI=1S/C20H36O2/c1-15(8-6-9-16(2)14-19(21)22)11-12-18-17(3)10-7-13-20(18,4)5/h15-16H,6-14H2,1-5H3,(H,21,22)/t15-,16-/m0/s1. The van der Waals surface area contributed by atoms with Gasteiger partial charge in [0, 0.05) is 6.42 Å². The second-order valence-electron chi connectivity index (χ2n) is 8.27. The summed E-state index contributed by atoms with van der Waals surface area (Å²) in [5.41, 5.74) is 3.75. The maximum Gasteiger partial charge on any atom is 0.303 e. The van der Waals surface area contributed by atoms with Gasteiger partial charge >= 0.3 is 5.97 Å². The number of rotatable bonds is 9. The first-order chi connectivity index (χ1) is 10.2. The highest BCUT2D eigenvalue weighted by Crippen LogP contribution is 2.42. The molecule has 0 heterocycles. The highest BCUT2D eigenvalue weighted by Gasteiger charge is 2.28. The van der Waals surface area contributed by atoms with Crippen LogP contribution in [0.25, 0.3) is 0 Å². The molecule has 1 aliphatic carbocycles. The lowest BCUT2D eigenvalue weighted by atomic mass is 9.70. The molecule has 2 nitrogen and oxygen atoms in total. The molecule has 0 aromatic heterocycles. The summed E-state index contributed by atoms with van der Waals surface area (Å²) in [6.45, 7) is 11.5. The van der Waals surface area contributed by atoms with E-state index in [1.165, 1.54) is 38.5 Å². The highest BCUT2D eigenvalue weighted by atomic mass is 16.4. The molecule has 0 aromatic rings. The van der Waals surface area contributed by atoms with Crippen LogP contribution in [0.1, 0.15) is 92.4 Å². The largest absolute Gasteiger partial charge is 0.481 e. The van der Waals surface area contributed by atoms with Crippen molar-refractivity contribution in [2.24, 2.45) is 17.3 Å². The Hall–Kier alpha value is -0.790. The average Bonchev–Trinajstić information content (AvgIpc) is 2.36. The molecule has 0 radical (unpaired) electrons. The molecule has 0 aromatic carbocycles. The number of carbonyl (C=O) groups is 1. The molecular weight excluding hydrogens is 272 g/mol. The topological polar surface area (TPSA) is 37.3 Å². The molecule has 0 fully saturated rings. The maximum atomic E-state index is 10.7. The zero-order valence-corrected chi connectivity index (χ0v) is 15.4. The van der Waals surface area contributed by atoms with Crippen LogP contribution in [0, 0.1) is 17.3 Å². The summed E-state index contributed by atoms with van der Waals surface area (Å²) in [7, 11) is 0. The Labute approximate surface area is 137 Å². The Kier molecular flexibility index (Phi) is 7.65. The van der Waals surface area contributed by atoms with Crippen LogP contribution in [0.2, 0.25) is 0 Å². The van der Waals surface area contributed by atoms with E-state index in [2.05, 4.69) is 34.6 Å². The quantitative estimate of drug-likeness (QED) is 0.514. The molecule has 0 saturated heterocycles. The molecule has 1 rings (SSSR count). The fraction of sp³-hybridized carbons (Fsp3) is 0.850. The van der Waals surface area contributed by atoms with Crippen LogP contribution in [0.15, 0.2) is 11.1 Å². The van der Waals surface area contributed by atoms with Gasteiger partial charge in [-0.2, -0.15) is 0 Å². The molecule has 2 atom stereocenters. The molecule has 0 aliphatic heterocycles. The minimum atomic E-state index is -0.664. The van der Waals surface area contributed by atoms with Crippen LogP contribution in [0.5, 0.6) is 0 Å². The number of carboxylic acids is 1. The fourth-order valence-corrected chi connectivity index (χ4v) is 3.98. The van der Waals surface area contributed by atoms with Gasteiger partial charge in [-0.1, -0.05) is 58.1 Å². The van der Waals surface area contributed by atoms with Gasteiger partial charge < -0.3 is 5.11 Å². The first kappa shape index (κ1) is 19.3. The van der Waals surface area contributed by atoms with Gasteiger partial charge in [0.15, 0.2) is 0 Å². The SMILES string of the molecule is CC1=C(CC[C@@H](C)CCC[C@H](C)CC(=O)O)C(C)(C)CCC1. The van der Waals surface area contributed by atoms with E-state index in [1.807, 2.05) is 0 Å². The third-order valence-corrected chi connectivity index (χ3v) is 5.49. The van der Waals surface area contributed by atoms with Crippen LogP contribution in [-0.2, 0) is 4.79 Å². The molecule has 0 unspecified atom stereocenters. The van der Waals surface area contributed by atoms with Crippen molar-refractivity contribution < 1.29 is 9.90 Å². The summed E-state index contributed by atoms with van der Waals surface area (Å²) in [5, 5.41) is 8.79. The van der Waals surface area contributed by atoms with Gasteiger partial charge in [0.05, 0.1) is 0 Å². The first-order valence-electron chi connectivity index (χ1n) is 9.13. The number of aliphatic carboxylic acids is 1. The van der Waals surface area contributed by atoms with Crippen molar-refractivity contribution in [2.75, 3.05) is 0 Å². The van der Waals surface area contributed by atoms with E-state index in [-0.39, 0.29) is 0 Å². The smallest absolute Gasteiger partial charge is 0.303 e. The van der Waals surface area contributed by atoms with Crippen LogP contribution in [-0.4, -0.2) is 11.1 Å². The van der Waals surface area contributed by atoms with E-state index in [9.17, 15) is 4.79 Å². The Morgan fingerprint density at radius 1 is 1.18 bits per heavy atom. The Morgan fingerprint density at radius 3 is 2.41 bits per heavy atom. The zero-order chi connectivity index (χ0) is 16.8. The van der Waals surface area contributed by atoms with Crippen molar-refractivity contribution in [1.29, 1.82) is 0 Å². The molecular formula is C20H36O2. The van der Waals surface area contributed by atoms with Crippen molar-refractivity contribution in [3.05, 3.63) is 11.1 Å². The summed E-state index contributed by atoms with van der Waals surface area (Å²) in [4.78, 5) is 10.7. The lowest BCUT2D eigenvalue weighted by Gasteiger charge is -2.35. The zero-order valence-electron chi connectivity index (χ0n) is 15.4. The molecule has 0 bridgehead atoms. The van der Waals surface area contributed by atoms with E-state index in [0.29, 0.717) is 17.8 Å². The van der Waals surface area contributed by atoms with E-state index in [4.69, 9.17) is 5.11 Å². The Morgan fingerprint density at radius 2 is 1.82 bits per heavy atom. The predicted octanol–water partition coefficient (Wildman–Crippen LogP) is 6.21. The average molecular weight is 309 g/mol. The third kappa shape index (κ3) is 6.54. The molecule has 1 aliphatic rings. The van der Waals surface area contributed by atoms with Crippen molar-refractivity contribution in [2.45, 2.75) is 92.4 Å².